The van der Waals surface area contributed by atoms with Gasteiger partial charge in [-0.05, 0) is 0 Å². The van der Waals surface area contributed by atoms with Gasteiger partial charge >= 0.3 is 58.4 Å². The van der Waals surface area contributed by atoms with Crippen molar-refractivity contribution in [2.24, 2.45) is 0 Å². The second-order valence-electron chi connectivity index (χ2n) is 2.20. The van der Waals surface area contributed by atoms with E-state index in [0.29, 0.717) is 0 Å². The van der Waals surface area contributed by atoms with Crippen LogP contribution in [0.3, 0.4) is 0 Å². The minimum absolute atomic E-state index is 0. The fourth-order valence-electron chi connectivity index (χ4n) is 0.322. The summed E-state index contributed by atoms with van der Waals surface area (Å²) in [6.45, 7) is 5.82. The summed E-state index contributed by atoms with van der Waals surface area (Å²) in [5, 5.41) is 0. The zero-order valence-electron chi connectivity index (χ0n) is 10.4. The van der Waals surface area contributed by atoms with E-state index in [2.05, 4.69) is 22.0 Å². The molecule has 0 aromatic heterocycles. The van der Waals surface area contributed by atoms with Gasteiger partial charge in [0.2, 0.25) is 0 Å². The van der Waals surface area contributed by atoms with E-state index in [4.69, 9.17) is 0 Å². The third-order valence-electron chi connectivity index (χ3n) is 0.756. The predicted octanol–water partition coefficient (Wildman–Crippen LogP) is -6.60. The van der Waals surface area contributed by atoms with E-state index in [0.717, 1.165) is 0 Å². The molecule has 0 unspecified atom stereocenters. The molecule has 0 spiro atoms. The molecule has 0 aromatic carbocycles. The van der Waals surface area contributed by atoms with Gasteiger partial charge in [0, 0.05) is 13.2 Å². The van der Waals surface area contributed by atoms with Crippen LogP contribution in [-0.2, 0) is 67.3 Å². The minimum atomic E-state index is -5.00. The zero-order chi connectivity index (χ0) is 13.2. The second-order valence-corrected chi connectivity index (χ2v) is 4.78. The van der Waals surface area contributed by atoms with Gasteiger partial charge < -0.3 is 37.6 Å². The maximum absolute atomic E-state index is 9.62. The quantitative estimate of drug-likeness (QED) is 0.278. The van der Waals surface area contributed by atoms with Crippen molar-refractivity contribution in [3.05, 3.63) is 25.3 Å². The van der Waals surface area contributed by atoms with Crippen LogP contribution in [0.1, 0.15) is 0 Å². The third kappa shape index (κ3) is 45.2. The molecule has 13 heteroatoms. The first kappa shape index (κ1) is 32.4. The molecule has 0 amide bonds. The van der Waals surface area contributed by atoms with Gasteiger partial charge in [0.15, 0.2) is 0 Å². The van der Waals surface area contributed by atoms with Gasteiger partial charge in [-0.15, -0.1) is 31.3 Å². The van der Waals surface area contributed by atoms with Crippen molar-refractivity contribution >= 4 is 18.1 Å². The van der Waals surface area contributed by atoms with Crippen LogP contribution in [-0.4, -0.2) is 31.3 Å². The molecule has 0 N–H and O–H groups in total. The molecule has 0 bridgehead atoms. The van der Waals surface area contributed by atoms with Crippen LogP contribution in [0.25, 0.3) is 0 Å². The fraction of sp³-hybridized carbons (Fsp3) is 0.333. The summed E-state index contributed by atoms with van der Waals surface area (Å²) in [6.07, 6.45) is 2.38. The first-order valence-electron chi connectivity index (χ1n) is 3.84. The van der Waals surface area contributed by atoms with E-state index < -0.39 is 18.1 Å². The molecular weight excluding hydrogens is 452 g/mol. The Kier molecular flexibility index (Phi) is 29.9. The maximum Gasteiger partial charge on any atom is 2.00 e. The summed E-state index contributed by atoms with van der Waals surface area (Å²) in [4.78, 5) is 57.7. The fourth-order valence-corrected chi connectivity index (χ4v) is 0.966. The minimum Gasteiger partial charge on any atom is -0.861 e. The number of rotatable bonds is 6. The van der Waals surface area contributed by atoms with Crippen molar-refractivity contribution < 1.29 is 96.1 Å². The predicted molar refractivity (Wildman–Crippen MR) is 43.8 cm³/mol. The smallest absolute Gasteiger partial charge is 0.861 e. The Morgan fingerprint density at radius 1 is 0.684 bits per heavy atom. The molecule has 0 aliphatic rings. The Labute approximate surface area is 152 Å². The van der Waals surface area contributed by atoms with E-state index in [9.17, 15) is 28.8 Å². The van der Waals surface area contributed by atoms with Gasteiger partial charge in [0.25, 0.3) is 0 Å². The Bertz CT molecular complexity index is 186. The Morgan fingerprint density at radius 3 is 0.947 bits per heavy atom. The summed E-state index contributed by atoms with van der Waals surface area (Å²) >= 11 is 0. The third-order valence-corrected chi connectivity index (χ3v) is 1.80. The Morgan fingerprint density at radius 2 is 0.895 bits per heavy atom. The van der Waals surface area contributed by atoms with Crippen molar-refractivity contribution in [1.29, 1.82) is 0 Å². The molecule has 19 heavy (non-hydrogen) atoms. The molecule has 0 atom stereocenters. The van der Waals surface area contributed by atoms with Crippen LogP contribution < -0.4 is 28.8 Å². The van der Waals surface area contributed by atoms with Gasteiger partial charge in [-0.3, -0.25) is 0 Å². The van der Waals surface area contributed by atoms with Gasteiger partial charge in [-0.2, -0.15) is 0 Å². The van der Waals surface area contributed by atoms with Crippen LogP contribution >= 0.6 is 0 Å². The average molecular weight is 462 g/mol. The first-order chi connectivity index (χ1) is 7.12. The van der Waals surface area contributed by atoms with Gasteiger partial charge in [-0.1, -0.05) is 12.2 Å². The maximum atomic E-state index is 9.62. The summed E-state index contributed by atoms with van der Waals surface area (Å²) in [5.74, 6) is 0. The Balaban J connectivity index is -0.0000000594. The summed E-state index contributed by atoms with van der Waals surface area (Å²) in [5.41, 5.74) is 0. The van der Waals surface area contributed by atoms with Crippen LogP contribution in [0.4, 0.5) is 0 Å². The van der Waals surface area contributed by atoms with E-state index in [1.54, 1.807) is 0 Å². The molecule has 0 aliphatic heterocycles. The molecule has 96 valence electrons. The summed E-state index contributed by atoms with van der Waals surface area (Å²) in [7, 11) is -10.00. The van der Waals surface area contributed by atoms with E-state index in [1.807, 2.05) is 0 Å². The van der Waals surface area contributed by atoms with Gasteiger partial charge in [0.1, 0.15) is 0 Å². The van der Waals surface area contributed by atoms with Crippen LogP contribution in [0, 0.1) is 0 Å². The van der Waals surface area contributed by atoms with E-state index >= 15 is 0 Å². The molecule has 0 saturated heterocycles. The van der Waals surface area contributed by atoms with Crippen molar-refractivity contribution in [2.45, 2.75) is 0 Å². The molecule has 8 nitrogen and oxygen atoms in total. The number of hydrogen-bond acceptors (Lipinski definition) is 8. The largest absolute Gasteiger partial charge is 2.00 e. The van der Waals surface area contributed by atoms with E-state index in [-0.39, 0.29) is 71.6 Å². The second kappa shape index (κ2) is 17.5. The zero-order valence-corrected chi connectivity index (χ0v) is 21.3. The molecular formula is C6H10O8Si2Zn3. The number of hydrogen-bond donors (Lipinski definition) is 0. The molecule has 0 aliphatic carbocycles. The van der Waals surface area contributed by atoms with Crippen molar-refractivity contribution in [3.63, 3.8) is 0 Å². The van der Waals surface area contributed by atoms with Crippen LogP contribution in [0.15, 0.2) is 25.3 Å². The standard InChI is InChI=1S/2C3H5O4Si.3Zn/c2*1-2-3-7-8(4,5)6;;;/h2*2H,1,3H2;;;/q2*-3;3*+2. The first-order valence-corrected chi connectivity index (χ1v) is 7.11. The van der Waals surface area contributed by atoms with Gasteiger partial charge in [-0.25, -0.2) is 0 Å². The summed E-state index contributed by atoms with van der Waals surface area (Å²) in [6, 6.07) is 0. The molecule has 0 rings (SSSR count). The molecule has 0 fully saturated rings. The molecule has 0 radical (unpaired) electrons. The molecule has 0 heterocycles. The topological polar surface area (TPSA) is 157 Å². The van der Waals surface area contributed by atoms with Crippen LogP contribution in [0.5, 0.6) is 0 Å². The van der Waals surface area contributed by atoms with E-state index in [1.165, 1.54) is 12.2 Å². The van der Waals surface area contributed by atoms with Gasteiger partial charge in [0.05, 0.1) is 0 Å². The van der Waals surface area contributed by atoms with Crippen LogP contribution in [0.2, 0.25) is 0 Å². The van der Waals surface area contributed by atoms with Crippen molar-refractivity contribution in [1.82, 2.24) is 0 Å². The SMILES string of the molecule is C=CCO[Si]([O-])([O-])[O-].C=CCO[Si]([O-])([O-])[O-].[Zn+2].[Zn+2].[Zn+2]. The molecule has 0 aromatic rings. The molecule has 0 saturated carbocycles. The monoisotopic (exact) mass is 458 g/mol. The Hall–Kier alpha value is 1.46. The van der Waals surface area contributed by atoms with Crippen molar-refractivity contribution in [2.75, 3.05) is 13.2 Å². The average Bonchev–Trinajstić information content (AvgIpc) is 2.10. The summed E-state index contributed by atoms with van der Waals surface area (Å²) < 4.78 is 7.47. The van der Waals surface area contributed by atoms with Crippen molar-refractivity contribution in [3.8, 4) is 0 Å². The normalized spacial score (nSPS) is 9.58.